The van der Waals surface area contributed by atoms with E-state index in [1.807, 2.05) is 4.90 Å². The number of piperazine rings is 1. The van der Waals surface area contributed by atoms with E-state index in [1.54, 1.807) is 0 Å². The van der Waals surface area contributed by atoms with Crippen molar-refractivity contribution in [2.75, 3.05) is 62.7 Å². The van der Waals surface area contributed by atoms with Gasteiger partial charge in [0.25, 0.3) is 0 Å². The largest absolute Gasteiger partial charge is 0.462 e. The topological polar surface area (TPSA) is 65.0 Å². The molecule has 38 heavy (non-hydrogen) atoms. The number of hydrogen-bond donors (Lipinski definition) is 0. The molecule has 2 fully saturated rings. The molecule has 4 aliphatic rings. The lowest BCUT2D eigenvalue weighted by atomic mass is 9.89. The zero-order valence-electron chi connectivity index (χ0n) is 22.7. The van der Waals surface area contributed by atoms with E-state index in [1.165, 1.54) is 60.6 Å². The molecule has 202 valence electrons. The third-order valence-corrected chi connectivity index (χ3v) is 8.88. The zero-order valence-corrected chi connectivity index (χ0v) is 22.7. The Bertz CT molecular complexity index is 1190. The number of likely N-dealkylation sites (N-methyl/N-ethyl adjacent to an activating group) is 1. The smallest absolute Gasteiger partial charge is 0.318 e. The summed E-state index contributed by atoms with van der Waals surface area (Å²) in [5.74, 6) is 0.992. The number of aromatic nitrogens is 2. The first-order valence-corrected chi connectivity index (χ1v) is 14.4. The minimum absolute atomic E-state index is 0.000840. The maximum atomic E-state index is 12.1. The van der Waals surface area contributed by atoms with Crippen molar-refractivity contribution >= 4 is 17.4 Å². The van der Waals surface area contributed by atoms with Gasteiger partial charge in [0.1, 0.15) is 12.4 Å². The number of rotatable bonds is 6. The monoisotopic (exact) mass is 516 g/mol. The van der Waals surface area contributed by atoms with Gasteiger partial charge < -0.3 is 24.3 Å². The van der Waals surface area contributed by atoms with E-state index < -0.39 is 0 Å². The molecule has 1 aromatic heterocycles. The molecule has 0 spiro atoms. The first-order valence-electron chi connectivity index (χ1n) is 14.4. The van der Waals surface area contributed by atoms with Gasteiger partial charge in [-0.2, -0.15) is 9.97 Å². The lowest BCUT2D eigenvalue weighted by Crippen LogP contribution is -2.49. The molecule has 0 N–H and O–H groups in total. The predicted molar refractivity (Wildman–Crippen MR) is 150 cm³/mol. The highest BCUT2D eigenvalue weighted by molar-refractivity contribution is 5.87. The van der Waals surface area contributed by atoms with E-state index in [4.69, 9.17) is 14.7 Å². The van der Waals surface area contributed by atoms with Crippen LogP contribution >= 0.6 is 0 Å². The molecule has 1 amide bonds. The summed E-state index contributed by atoms with van der Waals surface area (Å²) in [6, 6.07) is 7.72. The summed E-state index contributed by atoms with van der Waals surface area (Å²) in [5, 5.41) is 0. The fraction of sp³-hybridized carbons (Fsp3) is 0.567. The van der Waals surface area contributed by atoms with Crippen LogP contribution in [-0.2, 0) is 30.6 Å². The summed E-state index contributed by atoms with van der Waals surface area (Å²) in [4.78, 5) is 31.2. The van der Waals surface area contributed by atoms with E-state index >= 15 is 0 Å². The fourth-order valence-corrected chi connectivity index (χ4v) is 6.61. The van der Waals surface area contributed by atoms with Gasteiger partial charge in [-0.25, -0.2) is 0 Å². The maximum absolute atomic E-state index is 12.1. The molecule has 1 aromatic carbocycles. The number of hydrogen-bond acceptors (Lipinski definition) is 7. The van der Waals surface area contributed by atoms with Crippen LogP contribution < -0.4 is 14.5 Å². The summed E-state index contributed by atoms with van der Waals surface area (Å²) >= 11 is 0. The van der Waals surface area contributed by atoms with Crippen molar-refractivity contribution in [2.24, 2.45) is 0 Å². The average Bonchev–Trinajstić information content (AvgIpc) is 3.39. The molecule has 0 radical (unpaired) electrons. The second-order valence-electron chi connectivity index (χ2n) is 11.2. The number of likely N-dealkylation sites (tertiary alicyclic amines) is 1. The summed E-state index contributed by atoms with van der Waals surface area (Å²) in [5.41, 5.74) is 6.73. The lowest BCUT2D eigenvalue weighted by Gasteiger charge is -2.38. The fourth-order valence-electron chi connectivity index (χ4n) is 6.61. The summed E-state index contributed by atoms with van der Waals surface area (Å²) in [7, 11) is 2.17. The van der Waals surface area contributed by atoms with Gasteiger partial charge >= 0.3 is 6.01 Å². The quantitative estimate of drug-likeness (QED) is 0.546. The van der Waals surface area contributed by atoms with Crippen LogP contribution in [0.1, 0.15) is 48.1 Å². The molecule has 0 unspecified atom stereocenters. The van der Waals surface area contributed by atoms with Crippen molar-refractivity contribution in [1.29, 1.82) is 0 Å². The third-order valence-electron chi connectivity index (χ3n) is 8.88. The van der Waals surface area contributed by atoms with Crippen LogP contribution in [0.4, 0.5) is 11.5 Å². The van der Waals surface area contributed by atoms with Crippen LogP contribution in [0.15, 0.2) is 30.9 Å². The highest BCUT2D eigenvalue weighted by Crippen LogP contribution is 2.35. The van der Waals surface area contributed by atoms with Gasteiger partial charge in [0.05, 0.1) is 12.2 Å². The number of anilines is 2. The number of fused-ring (bicyclic) bond motifs is 2. The molecule has 1 aliphatic carbocycles. The standard InChI is InChI=1S/C30H40N6O2/c1-3-28(37)34-16-18-35(19-17-34)29-25-13-15-36(27-12-6-9-22-8-4-5-11-24(22)27)20-26(25)31-30(32-29)38-21-23-10-7-14-33(23)2/h3,6,9,12,23H,1,4-5,7-8,10-11,13-21H2,2H3/t23-/m0/s1. The van der Waals surface area contributed by atoms with Crippen molar-refractivity contribution < 1.29 is 9.53 Å². The van der Waals surface area contributed by atoms with Gasteiger partial charge in [-0.1, -0.05) is 18.7 Å². The minimum atomic E-state index is 0.000840. The summed E-state index contributed by atoms with van der Waals surface area (Å²) in [6.45, 7) is 9.98. The number of nitrogens with zero attached hydrogens (tertiary/aromatic N) is 6. The van der Waals surface area contributed by atoms with Gasteiger partial charge in [0.2, 0.25) is 5.91 Å². The van der Waals surface area contributed by atoms with Crippen molar-refractivity contribution in [3.05, 3.63) is 53.2 Å². The number of benzene rings is 1. The Morgan fingerprint density at radius 3 is 2.63 bits per heavy atom. The normalized spacial score (nSPS) is 21.7. The second-order valence-corrected chi connectivity index (χ2v) is 11.2. The van der Waals surface area contributed by atoms with Crippen LogP contribution in [0.5, 0.6) is 6.01 Å². The molecular formula is C30H40N6O2. The van der Waals surface area contributed by atoms with Crippen LogP contribution in [0.3, 0.4) is 0 Å². The van der Waals surface area contributed by atoms with Crippen molar-refractivity contribution in [2.45, 2.75) is 57.5 Å². The number of carbonyl (C=O) groups is 1. The van der Waals surface area contributed by atoms with Crippen LogP contribution in [0, 0.1) is 0 Å². The Labute approximate surface area is 226 Å². The molecule has 2 saturated heterocycles. The number of amides is 1. The van der Waals surface area contributed by atoms with Crippen molar-refractivity contribution in [3.8, 4) is 6.01 Å². The van der Waals surface area contributed by atoms with E-state index in [-0.39, 0.29) is 5.91 Å². The van der Waals surface area contributed by atoms with Crippen molar-refractivity contribution in [1.82, 2.24) is 19.8 Å². The van der Waals surface area contributed by atoms with Gasteiger partial charge in [-0.3, -0.25) is 4.79 Å². The average molecular weight is 517 g/mol. The predicted octanol–water partition coefficient (Wildman–Crippen LogP) is 3.23. The summed E-state index contributed by atoms with van der Waals surface area (Å²) in [6.07, 6.45) is 9.60. The number of carbonyl (C=O) groups excluding carboxylic acids is 1. The zero-order chi connectivity index (χ0) is 26.1. The molecule has 1 atom stereocenters. The minimum Gasteiger partial charge on any atom is -0.462 e. The maximum Gasteiger partial charge on any atom is 0.318 e. The Morgan fingerprint density at radius 1 is 1.00 bits per heavy atom. The van der Waals surface area contributed by atoms with Crippen LogP contribution in [0.2, 0.25) is 0 Å². The van der Waals surface area contributed by atoms with E-state index in [0.29, 0.717) is 31.7 Å². The number of ether oxygens (including phenoxy) is 1. The lowest BCUT2D eigenvalue weighted by molar-refractivity contribution is -0.126. The molecule has 6 rings (SSSR count). The Kier molecular flexibility index (Phi) is 7.24. The molecule has 2 aromatic rings. The molecule has 0 saturated carbocycles. The van der Waals surface area contributed by atoms with E-state index in [0.717, 1.165) is 57.1 Å². The van der Waals surface area contributed by atoms with E-state index in [2.05, 4.69) is 46.5 Å². The first-order chi connectivity index (χ1) is 18.6. The molecular weight excluding hydrogens is 476 g/mol. The van der Waals surface area contributed by atoms with Gasteiger partial charge in [-0.15, -0.1) is 0 Å². The van der Waals surface area contributed by atoms with Gasteiger partial charge in [0.15, 0.2) is 0 Å². The van der Waals surface area contributed by atoms with Gasteiger partial charge in [-0.05, 0) is 81.8 Å². The molecule has 0 bridgehead atoms. The Balaban J connectivity index is 1.28. The Hall–Kier alpha value is -3.13. The van der Waals surface area contributed by atoms with Crippen LogP contribution in [0.25, 0.3) is 0 Å². The highest BCUT2D eigenvalue weighted by Gasteiger charge is 2.30. The number of aryl methyl sites for hydroxylation is 1. The second kappa shape index (κ2) is 10.9. The Morgan fingerprint density at radius 2 is 1.84 bits per heavy atom. The molecule has 8 heteroatoms. The molecule has 3 aliphatic heterocycles. The first kappa shape index (κ1) is 25.2. The highest BCUT2D eigenvalue weighted by atomic mass is 16.5. The molecule has 8 nitrogen and oxygen atoms in total. The van der Waals surface area contributed by atoms with Crippen LogP contribution in [-0.4, -0.2) is 84.6 Å². The van der Waals surface area contributed by atoms with Gasteiger partial charge in [0, 0.05) is 50.0 Å². The molecule has 4 heterocycles. The SMILES string of the molecule is C=CC(=O)N1CCN(c2nc(OC[C@@H]3CCCN3C)nc3c2CCN(c2cccc4c2CCCC4)C3)CC1. The summed E-state index contributed by atoms with van der Waals surface area (Å²) < 4.78 is 6.28. The van der Waals surface area contributed by atoms with Crippen molar-refractivity contribution in [3.63, 3.8) is 0 Å². The van der Waals surface area contributed by atoms with E-state index in [9.17, 15) is 4.79 Å². The third kappa shape index (κ3) is 4.98.